The summed E-state index contributed by atoms with van der Waals surface area (Å²) in [6.07, 6.45) is 3.05. The van der Waals surface area contributed by atoms with E-state index in [0.29, 0.717) is 12.6 Å². The highest BCUT2D eigenvalue weighted by molar-refractivity contribution is 5.51. The summed E-state index contributed by atoms with van der Waals surface area (Å²) < 4.78 is 5.47. The molecule has 0 saturated heterocycles. The highest BCUT2D eigenvalue weighted by atomic mass is 16.5. The third-order valence-corrected chi connectivity index (χ3v) is 3.95. The van der Waals surface area contributed by atoms with Gasteiger partial charge in [0, 0.05) is 12.1 Å². The molecule has 0 spiro atoms. The monoisotopic (exact) mass is 318 g/mol. The molecule has 0 unspecified atom stereocenters. The molecular weight excluding hydrogens is 288 g/mol. The van der Waals surface area contributed by atoms with E-state index in [-0.39, 0.29) is 0 Å². The number of methoxy groups -OCH3 is 1. The van der Waals surface area contributed by atoms with Crippen molar-refractivity contribution in [2.75, 3.05) is 33.8 Å². The molecule has 0 aromatic heterocycles. The minimum Gasteiger partial charge on any atom is -0.496 e. The number of fused-ring (bicyclic) bond motifs is 1. The maximum Gasteiger partial charge on any atom is 0.133 e. The van der Waals surface area contributed by atoms with Crippen LogP contribution < -0.4 is 10.1 Å². The van der Waals surface area contributed by atoms with E-state index in [9.17, 15) is 4.79 Å². The Bertz CT molecular complexity index is 500. The van der Waals surface area contributed by atoms with Gasteiger partial charge in [0.2, 0.25) is 0 Å². The van der Waals surface area contributed by atoms with Crippen molar-refractivity contribution in [2.24, 2.45) is 0 Å². The molecule has 0 aliphatic carbocycles. The van der Waals surface area contributed by atoms with Gasteiger partial charge in [0.05, 0.1) is 19.7 Å². The Balaban J connectivity index is 0.000000322. The normalized spacial score (nSPS) is 16.8. The largest absolute Gasteiger partial charge is 0.496 e. The average Bonchev–Trinajstić information content (AvgIpc) is 2.55. The predicted octanol–water partition coefficient (Wildman–Crippen LogP) is 2.99. The molecule has 23 heavy (non-hydrogen) atoms. The predicted molar refractivity (Wildman–Crippen MR) is 96.1 cm³/mol. The number of benzene rings is 1. The van der Waals surface area contributed by atoms with Gasteiger partial charge in [-0.3, -0.25) is 4.90 Å². The lowest BCUT2D eigenvalue weighted by atomic mass is 9.89. The summed E-state index contributed by atoms with van der Waals surface area (Å²) in [5.41, 5.74) is 3.87. The summed E-state index contributed by atoms with van der Waals surface area (Å²) in [4.78, 5) is 12.0. The zero-order valence-electron chi connectivity index (χ0n) is 14.9. The third-order valence-electron chi connectivity index (χ3n) is 3.95. The van der Waals surface area contributed by atoms with E-state index >= 15 is 0 Å². The van der Waals surface area contributed by atoms with Crippen molar-refractivity contribution in [1.29, 1.82) is 0 Å². The molecule has 1 N–H and O–H groups in total. The number of rotatable bonds is 6. The molecule has 4 heteroatoms. The lowest BCUT2D eigenvalue weighted by Gasteiger charge is -2.35. The van der Waals surface area contributed by atoms with Crippen molar-refractivity contribution < 1.29 is 9.53 Å². The number of likely N-dealkylation sites (N-methyl/N-ethyl adjacent to an activating group) is 1. The van der Waals surface area contributed by atoms with E-state index in [1.807, 2.05) is 6.07 Å². The molecule has 1 aromatic carbocycles. The zero-order valence-corrected chi connectivity index (χ0v) is 14.9. The van der Waals surface area contributed by atoms with Crippen LogP contribution in [0.3, 0.4) is 0 Å². The quantitative estimate of drug-likeness (QED) is 0.497. The number of carbonyl (C=O) groups is 1. The number of nitrogens with one attached hydrogen (secondary N) is 1. The number of nitrogens with zero attached hydrogens (tertiary/aromatic N) is 1. The first kappa shape index (κ1) is 19.4. The van der Waals surface area contributed by atoms with Crippen molar-refractivity contribution in [2.45, 2.75) is 32.7 Å². The second kappa shape index (κ2) is 10.2. The second-order valence-electron chi connectivity index (χ2n) is 5.88. The van der Waals surface area contributed by atoms with Crippen LogP contribution in [0, 0.1) is 0 Å². The minimum absolute atomic E-state index is 0.292. The summed E-state index contributed by atoms with van der Waals surface area (Å²) in [6.45, 7) is 10.8. The average molecular weight is 318 g/mol. The number of carbonyl (C=O) groups excluding carboxylic acids is 1. The van der Waals surface area contributed by atoms with Crippen molar-refractivity contribution >= 4 is 6.29 Å². The van der Waals surface area contributed by atoms with Crippen LogP contribution in [0.4, 0.5) is 0 Å². The van der Waals surface area contributed by atoms with Gasteiger partial charge in [0.15, 0.2) is 0 Å². The first-order chi connectivity index (χ1) is 11.1. The summed E-state index contributed by atoms with van der Waals surface area (Å²) in [5, 5.41) is 2.92. The third kappa shape index (κ3) is 5.48. The SMILES string of the molecule is C=C(C)[C@@H]1c2c(cccc2OC)CCN1C.CCCNCC=O. The van der Waals surface area contributed by atoms with Gasteiger partial charge in [0.25, 0.3) is 0 Å². The zero-order chi connectivity index (χ0) is 17.2. The van der Waals surface area contributed by atoms with Gasteiger partial charge in [0.1, 0.15) is 12.0 Å². The maximum atomic E-state index is 9.62. The fourth-order valence-electron chi connectivity index (χ4n) is 2.90. The molecule has 0 saturated carbocycles. The molecule has 0 radical (unpaired) electrons. The van der Waals surface area contributed by atoms with Gasteiger partial charge in [-0.15, -0.1) is 0 Å². The molecule has 128 valence electrons. The highest BCUT2D eigenvalue weighted by Crippen LogP contribution is 2.38. The summed E-state index contributed by atoms with van der Waals surface area (Å²) in [7, 11) is 3.88. The highest BCUT2D eigenvalue weighted by Gasteiger charge is 2.27. The lowest BCUT2D eigenvalue weighted by molar-refractivity contribution is -0.107. The Kier molecular flexibility index (Phi) is 8.59. The van der Waals surface area contributed by atoms with E-state index in [1.165, 1.54) is 16.7 Å². The molecule has 4 nitrogen and oxygen atoms in total. The van der Waals surface area contributed by atoms with E-state index < -0.39 is 0 Å². The number of aldehydes is 1. The van der Waals surface area contributed by atoms with Crippen molar-refractivity contribution in [3.05, 3.63) is 41.5 Å². The molecule has 1 aliphatic heterocycles. The van der Waals surface area contributed by atoms with Crippen molar-refractivity contribution in [3.63, 3.8) is 0 Å². The van der Waals surface area contributed by atoms with Crippen molar-refractivity contribution in [3.8, 4) is 5.75 Å². The molecule has 0 amide bonds. The van der Waals surface area contributed by atoms with Crippen LogP contribution in [0.1, 0.15) is 37.4 Å². The molecular formula is C19H30N2O2. The minimum atomic E-state index is 0.292. The Morgan fingerprint density at radius 2 is 2.26 bits per heavy atom. The smallest absolute Gasteiger partial charge is 0.133 e. The number of hydrogen-bond donors (Lipinski definition) is 1. The van der Waals surface area contributed by atoms with E-state index in [2.05, 4.69) is 49.8 Å². The summed E-state index contributed by atoms with van der Waals surface area (Å²) >= 11 is 0. The van der Waals surface area contributed by atoms with Gasteiger partial charge in [-0.2, -0.15) is 0 Å². The van der Waals surface area contributed by atoms with Crippen LogP contribution in [0.2, 0.25) is 0 Å². The summed E-state index contributed by atoms with van der Waals surface area (Å²) in [6, 6.07) is 6.59. The van der Waals surface area contributed by atoms with E-state index in [4.69, 9.17) is 4.74 Å². The molecule has 1 heterocycles. The standard InChI is InChI=1S/C14H19NO.C5H11NO/c1-10(2)14-13-11(8-9-15(14)3)6-5-7-12(13)16-4;1-2-3-6-4-5-7/h5-7,14H,1,8-9H2,2-4H3;5-6H,2-4H2,1H3/t14-;/m1./s1. The second-order valence-corrected chi connectivity index (χ2v) is 5.88. The maximum absolute atomic E-state index is 9.62. The van der Waals surface area contributed by atoms with Crippen LogP contribution in [0.25, 0.3) is 0 Å². The van der Waals surface area contributed by atoms with Crippen LogP contribution in [0.15, 0.2) is 30.4 Å². The summed E-state index contributed by atoms with van der Waals surface area (Å²) in [5.74, 6) is 0.983. The molecule has 1 aromatic rings. The topological polar surface area (TPSA) is 41.6 Å². The lowest BCUT2D eigenvalue weighted by Crippen LogP contribution is -2.33. The van der Waals surface area contributed by atoms with Gasteiger partial charge in [-0.05, 0) is 45.0 Å². The van der Waals surface area contributed by atoms with Gasteiger partial charge in [-0.1, -0.05) is 31.2 Å². The molecule has 0 bridgehead atoms. The van der Waals surface area contributed by atoms with E-state index in [1.54, 1.807) is 7.11 Å². The van der Waals surface area contributed by atoms with Crippen LogP contribution in [0.5, 0.6) is 5.75 Å². The van der Waals surface area contributed by atoms with Crippen LogP contribution >= 0.6 is 0 Å². The number of hydrogen-bond acceptors (Lipinski definition) is 4. The Hall–Kier alpha value is -1.65. The Labute approximate surface area is 140 Å². The number of ether oxygens (including phenoxy) is 1. The van der Waals surface area contributed by atoms with E-state index in [0.717, 1.165) is 38.0 Å². The molecule has 0 fully saturated rings. The van der Waals surface area contributed by atoms with Gasteiger partial charge >= 0.3 is 0 Å². The van der Waals surface area contributed by atoms with Gasteiger partial charge < -0.3 is 14.8 Å². The fourth-order valence-corrected chi connectivity index (χ4v) is 2.90. The van der Waals surface area contributed by atoms with Gasteiger partial charge in [-0.25, -0.2) is 0 Å². The van der Waals surface area contributed by atoms with Crippen LogP contribution in [-0.2, 0) is 11.2 Å². The fraction of sp³-hybridized carbons (Fsp3) is 0.526. The Morgan fingerprint density at radius 3 is 2.83 bits per heavy atom. The first-order valence-corrected chi connectivity index (χ1v) is 8.22. The first-order valence-electron chi connectivity index (χ1n) is 8.22. The molecule has 1 aliphatic rings. The van der Waals surface area contributed by atoms with Crippen molar-refractivity contribution in [1.82, 2.24) is 10.2 Å². The Morgan fingerprint density at radius 1 is 1.52 bits per heavy atom. The molecule has 1 atom stereocenters. The molecule has 2 rings (SSSR count). The van der Waals surface area contributed by atoms with Crippen LogP contribution in [-0.4, -0.2) is 45.0 Å².